The normalized spacial score (nSPS) is 12.4. The van der Waals surface area contributed by atoms with Gasteiger partial charge in [-0.3, -0.25) is 4.79 Å². The zero-order chi connectivity index (χ0) is 12.2. The standard InChI is InChI=1S/C13H28N2O/c1-3-4-5-6-7-10-13(16)15-11-8-9-12(2)14/h12H,3-11,14H2,1-2H3,(H,15,16). The van der Waals surface area contributed by atoms with Crippen LogP contribution in [0.3, 0.4) is 0 Å². The molecule has 0 heterocycles. The van der Waals surface area contributed by atoms with Gasteiger partial charge in [-0.1, -0.05) is 32.6 Å². The molecular weight excluding hydrogens is 200 g/mol. The highest BCUT2D eigenvalue weighted by Gasteiger charge is 2.00. The molecule has 0 fully saturated rings. The number of nitrogens with one attached hydrogen (secondary N) is 1. The molecule has 0 bridgehead atoms. The van der Waals surface area contributed by atoms with Crippen LogP contribution in [0.25, 0.3) is 0 Å². The average molecular weight is 228 g/mol. The molecule has 1 amide bonds. The van der Waals surface area contributed by atoms with Crippen LogP contribution in [0.15, 0.2) is 0 Å². The predicted octanol–water partition coefficient (Wildman–Crippen LogP) is 2.59. The van der Waals surface area contributed by atoms with Gasteiger partial charge < -0.3 is 11.1 Å². The zero-order valence-electron chi connectivity index (χ0n) is 10.9. The van der Waals surface area contributed by atoms with Crippen molar-refractivity contribution >= 4 is 5.91 Å². The van der Waals surface area contributed by atoms with Crippen LogP contribution >= 0.6 is 0 Å². The van der Waals surface area contributed by atoms with Crippen LogP contribution in [0.4, 0.5) is 0 Å². The third-order valence-corrected chi connectivity index (χ3v) is 2.67. The van der Waals surface area contributed by atoms with E-state index in [0.29, 0.717) is 6.42 Å². The van der Waals surface area contributed by atoms with Crippen LogP contribution in [0.2, 0.25) is 0 Å². The topological polar surface area (TPSA) is 55.1 Å². The Kier molecular flexibility index (Phi) is 10.5. The summed E-state index contributed by atoms with van der Waals surface area (Å²) in [4.78, 5) is 11.4. The Morgan fingerprint density at radius 2 is 1.88 bits per heavy atom. The molecule has 0 saturated carbocycles. The molecule has 1 atom stereocenters. The molecule has 0 rings (SSSR count). The van der Waals surface area contributed by atoms with Crippen LogP contribution in [0, 0.1) is 0 Å². The fraction of sp³-hybridized carbons (Fsp3) is 0.923. The summed E-state index contributed by atoms with van der Waals surface area (Å²) in [5.41, 5.74) is 5.62. The number of carbonyl (C=O) groups is 1. The van der Waals surface area contributed by atoms with Crippen molar-refractivity contribution in [3.63, 3.8) is 0 Å². The predicted molar refractivity (Wildman–Crippen MR) is 69.3 cm³/mol. The number of unbranched alkanes of at least 4 members (excludes halogenated alkanes) is 4. The van der Waals surface area contributed by atoms with Crippen molar-refractivity contribution in [3.05, 3.63) is 0 Å². The van der Waals surface area contributed by atoms with Crippen molar-refractivity contribution in [2.45, 2.75) is 71.3 Å². The summed E-state index contributed by atoms with van der Waals surface area (Å²) in [5, 5.41) is 2.93. The van der Waals surface area contributed by atoms with Gasteiger partial charge in [0.15, 0.2) is 0 Å². The van der Waals surface area contributed by atoms with Gasteiger partial charge in [-0.05, 0) is 26.2 Å². The van der Waals surface area contributed by atoms with Crippen LogP contribution in [0.1, 0.15) is 65.2 Å². The van der Waals surface area contributed by atoms with Crippen molar-refractivity contribution in [2.24, 2.45) is 5.73 Å². The number of hydrogen-bond acceptors (Lipinski definition) is 2. The highest BCUT2D eigenvalue weighted by molar-refractivity contribution is 5.75. The summed E-state index contributed by atoms with van der Waals surface area (Å²) in [6.45, 7) is 4.97. The quantitative estimate of drug-likeness (QED) is 0.565. The van der Waals surface area contributed by atoms with Crippen molar-refractivity contribution in [2.75, 3.05) is 6.54 Å². The second kappa shape index (κ2) is 10.9. The first-order chi connectivity index (χ1) is 7.66. The molecule has 3 heteroatoms. The fourth-order valence-corrected chi connectivity index (χ4v) is 1.63. The van der Waals surface area contributed by atoms with E-state index in [9.17, 15) is 4.79 Å². The average Bonchev–Trinajstić information content (AvgIpc) is 2.24. The maximum absolute atomic E-state index is 11.4. The molecule has 0 aliphatic rings. The third kappa shape index (κ3) is 11.5. The maximum Gasteiger partial charge on any atom is 0.219 e. The van der Waals surface area contributed by atoms with Gasteiger partial charge in [0.05, 0.1) is 0 Å². The summed E-state index contributed by atoms with van der Waals surface area (Å²) >= 11 is 0. The summed E-state index contributed by atoms with van der Waals surface area (Å²) < 4.78 is 0. The Morgan fingerprint density at radius 1 is 1.19 bits per heavy atom. The molecule has 0 radical (unpaired) electrons. The maximum atomic E-state index is 11.4. The van der Waals surface area contributed by atoms with Crippen molar-refractivity contribution in [3.8, 4) is 0 Å². The first kappa shape index (κ1) is 15.4. The van der Waals surface area contributed by atoms with Crippen LogP contribution < -0.4 is 11.1 Å². The highest BCUT2D eigenvalue weighted by atomic mass is 16.1. The van der Waals surface area contributed by atoms with Crippen molar-refractivity contribution in [1.82, 2.24) is 5.32 Å². The van der Waals surface area contributed by atoms with E-state index >= 15 is 0 Å². The lowest BCUT2D eigenvalue weighted by atomic mass is 10.1. The highest BCUT2D eigenvalue weighted by Crippen LogP contribution is 2.04. The number of rotatable bonds is 10. The smallest absolute Gasteiger partial charge is 0.219 e. The van der Waals surface area contributed by atoms with E-state index in [1.807, 2.05) is 6.92 Å². The van der Waals surface area contributed by atoms with Gasteiger partial charge in [0.2, 0.25) is 5.91 Å². The van der Waals surface area contributed by atoms with Crippen molar-refractivity contribution < 1.29 is 4.79 Å². The Morgan fingerprint density at radius 3 is 2.50 bits per heavy atom. The Balaban J connectivity index is 3.18. The molecule has 0 saturated heterocycles. The molecule has 0 aliphatic heterocycles. The summed E-state index contributed by atoms with van der Waals surface area (Å²) in [6, 6.07) is 0.242. The molecule has 96 valence electrons. The second-order valence-electron chi connectivity index (χ2n) is 4.63. The minimum absolute atomic E-state index is 0.196. The molecule has 0 spiro atoms. The third-order valence-electron chi connectivity index (χ3n) is 2.67. The Hall–Kier alpha value is -0.570. The van der Waals surface area contributed by atoms with Gasteiger partial charge in [0.1, 0.15) is 0 Å². The van der Waals surface area contributed by atoms with Gasteiger partial charge in [-0.15, -0.1) is 0 Å². The second-order valence-corrected chi connectivity index (χ2v) is 4.63. The van der Waals surface area contributed by atoms with Gasteiger partial charge in [0.25, 0.3) is 0 Å². The van der Waals surface area contributed by atoms with E-state index in [1.165, 1.54) is 25.7 Å². The van der Waals surface area contributed by atoms with Gasteiger partial charge >= 0.3 is 0 Å². The lowest BCUT2D eigenvalue weighted by Crippen LogP contribution is -2.25. The first-order valence-corrected chi connectivity index (χ1v) is 6.69. The Labute approximate surface area is 100 Å². The molecule has 3 N–H and O–H groups in total. The summed E-state index contributed by atoms with van der Waals surface area (Å²) in [5.74, 6) is 0.196. The fourth-order valence-electron chi connectivity index (χ4n) is 1.63. The van der Waals surface area contributed by atoms with Gasteiger partial charge in [-0.25, -0.2) is 0 Å². The lowest BCUT2D eigenvalue weighted by Gasteiger charge is -2.06. The molecule has 0 aromatic heterocycles. The van der Waals surface area contributed by atoms with E-state index in [1.54, 1.807) is 0 Å². The number of nitrogens with two attached hydrogens (primary N) is 1. The number of carbonyl (C=O) groups excluding carboxylic acids is 1. The monoisotopic (exact) mass is 228 g/mol. The molecule has 3 nitrogen and oxygen atoms in total. The minimum Gasteiger partial charge on any atom is -0.356 e. The van der Waals surface area contributed by atoms with E-state index in [4.69, 9.17) is 5.73 Å². The summed E-state index contributed by atoms with van der Waals surface area (Å²) in [7, 11) is 0. The lowest BCUT2D eigenvalue weighted by molar-refractivity contribution is -0.121. The van der Waals surface area contributed by atoms with E-state index in [-0.39, 0.29) is 11.9 Å². The van der Waals surface area contributed by atoms with Crippen LogP contribution in [-0.2, 0) is 4.79 Å². The zero-order valence-corrected chi connectivity index (χ0v) is 10.9. The van der Waals surface area contributed by atoms with Gasteiger partial charge in [0, 0.05) is 19.0 Å². The molecular formula is C13H28N2O. The van der Waals surface area contributed by atoms with Crippen LogP contribution in [-0.4, -0.2) is 18.5 Å². The Bertz CT molecular complexity index is 169. The van der Waals surface area contributed by atoms with E-state index in [2.05, 4.69) is 12.2 Å². The molecule has 16 heavy (non-hydrogen) atoms. The largest absolute Gasteiger partial charge is 0.356 e. The van der Waals surface area contributed by atoms with E-state index < -0.39 is 0 Å². The first-order valence-electron chi connectivity index (χ1n) is 6.69. The molecule has 0 aromatic rings. The number of amides is 1. The van der Waals surface area contributed by atoms with E-state index in [0.717, 1.165) is 25.8 Å². The SMILES string of the molecule is CCCCCCCC(=O)NCCCC(C)N. The number of hydrogen-bond donors (Lipinski definition) is 2. The van der Waals surface area contributed by atoms with Gasteiger partial charge in [-0.2, -0.15) is 0 Å². The van der Waals surface area contributed by atoms with Crippen molar-refractivity contribution in [1.29, 1.82) is 0 Å². The molecule has 0 aliphatic carbocycles. The summed E-state index contributed by atoms with van der Waals surface area (Å²) in [6.07, 6.45) is 8.66. The molecule has 1 unspecified atom stereocenters. The minimum atomic E-state index is 0.196. The molecule has 0 aromatic carbocycles. The van der Waals surface area contributed by atoms with Crippen LogP contribution in [0.5, 0.6) is 0 Å².